The lowest BCUT2D eigenvalue weighted by Crippen LogP contribution is -2.29. The van der Waals surface area contributed by atoms with Crippen LogP contribution in [0.4, 0.5) is 11.4 Å². The Morgan fingerprint density at radius 3 is 2.17 bits per heavy atom. The van der Waals surface area contributed by atoms with Crippen molar-refractivity contribution in [1.82, 2.24) is 4.98 Å². The monoisotopic (exact) mass is 399 g/mol. The molecule has 1 atom stereocenters. The van der Waals surface area contributed by atoms with Crippen LogP contribution in [0, 0.1) is 0 Å². The number of anilines is 2. The molecule has 1 aliphatic heterocycles. The maximum Gasteiger partial charge on any atom is 0.300 e. The van der Waals surface area contributed by atoms with Gasteiger partial charge < -0.3 is 10.0 Å². The summed E-state index contributed by atoms with van der Waals surface area (Å²) in [6, 6.07) is 19.1. The van der Waals surface area contributed by atoms with E-state index >= 15 is 0 Å². The van der Waals surface area contributed by atoms with Crippen molar-refractivity contribution in [3.8, 4) is 0 Å². The highest BCUT2D eigenvalue weighted by atomic mass is 16.3. The van der Waals surface area contributed by atoms with Gasteiger partial charge in [0.1, 0.15) is 5.76 Å². The summed E-state index contributed by atoms with van der Waals surface area (Å²) in [5, 5.41) is 11.0. The number of Topliss-reactive ketones (excluding diaryl/α,β-unsaturated/α-hetero) is 1. The molecule has 1 aliphatic rings. The number of ketones is 1. The molecule has 1 amide bonds. The number of benzene rings is 2. The fourth-order valence-electron chi connectivity index (χ4n) is 3.62. The van der Waals surface area contributed by atoms with Gasteiger partial charge in [-0.3, -0.25) is 19.5 Å². The number of rotatable bonds is 4. The van der Waals surface area contributed by atoms with Crippen LogP contribution in [0.3, 0.4) is 0 Å². The average molecular weight is 399 g/mol. The summed E-state index contributed by atoms with van der Waals surface area (Å²) >= 11 is 0. The van der Waals surface area contributed by atoms with Gasteiger partial charge in [0.25, 0.3) is 11.7 Å². The molecule has 6 nitrogen and oxygen atoms in total. The van der Waals surface area contributed by atoms with E-state index in [1.807, 2.05) is 61.5 Å². The zero-order valence-corrected chi connectivity index (χ0v) is 16.7. The molecular formula is C24H21N3O3. The van der Waals surface area contributed by atoms with Crippen LogP contribution in [0.1, 0.15) is 17.2 Å². The second kappa shape index (κ2) is 7.83. The van der Waals surface area contributed by atoms with Crippen LogP contribution in [0.5, 0.6) is 0 Å². The molecule has 1 aromatic heterocycles. The molecule has 2 heterocycles. The second-order valence-electron chi connectivity index (χ2n) is 7.23. The summed E-state index contributed by atoms with van der Waals surface area (Å²) in [4.78, 5) is 33.4. The van der Waals surface area contributed by atoms with Gasteiger partial charge in [0.2, 0.25) is 0 Å². The summed E-state index contributed by atoms with van der Waals surface area (Å²) in [6.07, 6.45) is 3.06. The van der Waals surface area contributed by atoms with Gasteiger partial charge in [-0.05, 0) is 42.0 Å². The lowest BCUT2D eigenvalue weighted by Gasteiger charge is -2.26. The topological polar surface area (TPSA) is 73.7 Å². The fourth-order valence-corrected chi connectivity index (χ4v) is 3.62. The van der Waals surface area contributed by atoms with E-state index in [-0.39, 0.29) is 11.3 Å². The van der Waals surface area contributed by atoms with E-state index in [9.17, 15) is 14.7 Å². The van der Waals surface area contributed by atoms with Gasteiger partial charge in [0.05, 0.1) is 11.6 Å². The number of para-hydroxylation sites is 1. The highest BCUT2D eigenvalue weighted by Crippen LogP contribution is 2.42. The SMILES string of the molecule is CN(C)c1ccc(C2/C(=C(/O)c3ccncc3)C(=O)C(=O)N2c2ccccc2)cc1. The number of carbonyl (C=O) groups excluding carboxylic acids is 2. The Morgan fingerprint density at radius 1 is 0.933 bits per heavy atom. The van der Waals surface area contributed by atoms with Gasteiger partial charge in [-0.2, -0.15) is 0 Å². The second-order valence-corrected chi connectivity index (χ2v) is 7.23. The largest absolute Gasteiger partial charge is 0.507 e. The van der Waals surface area contributed by atoms with E-state index in [2.05, 4.69) is 4.98 Å². The quantitative estimate of drug-likeness (QED) is 0.411. The molecule has 6 heteroatoms. The van der Waals surface area contributed by atoms with Crippen molar-refractivity contribution in [2.24, 2.45) is 0 Å². The Kier molecular flexibility index (Phi) is 5.06. The number of aliphatic hydroxyl groups is 1. The van der Waals surface area contributed by atoms with Crippen LogP contribution in [-0.4, -0.2) is 35.9 Å². The van der Waals surface area contributed by atoms with Crippen molar-refractivity contribution >= 4 is 28.8 Å². The van der Waals surface area contributed by atoms with Crippen molar-refractivity contribution in [2.75, 3.05) is 23.9 Å². The molecule has 3 aromatic rings. The molecule has 2 aromatic carbocycles. The zero-order chi connectivity index (χ0) is 21.3. The number of carbonyl (C=O) groups is 2. The standard InChI is InChI=1S/C24H21N3O3/c1-26(2)18-10-8-16(9-11-18)21-20(22(28)17-12-14-25-15-13-17)23(29)24(30)27(21)19-6-4-3-5-7-19/h3-15,21,28H,1-2H3/b22-20-. The van der Waals surface area contributed by atoms with Gasteiger partial charge in [-0.25, -0.2) is 0 Å². The van der Waals surface area contributed by atoms with Gasteiger partial charge in [0.15, 0.2) is 0 Å². The minimum absolute atomic E-state index is 0.0626. The number of aliphatic hydroxyl groups excluding tert-OH is 1. The number of nitrogens with zero attached hydrogens (tertiary/aromatic N) is 3. The van der Waals surface area contributed by atoms with Crippen molar-refractivity contribution in [2.45, 2.75) is 6.04 Å². The first-order valence-electron chi connectivity index (χ1n) is 9.53. The fraction of sp³-hybridized carbons (Fsp3) is 0.125. The first-order chi connectivity index (χ1) is 14.5. The number of pyridine rings is 1. The van der Waals surface area contributed by atoms with E-state index in [0.29, 0.717) is 11.3 Å². The minimum atomic E-state index is -0.739. The average Bonchev–Trinajstić information content (AvgIpc) is 3.05. The first kappa shape index (κ1) is 19.4. The summed E-state index contributed by atoms with van der Waals surface area (Å²) in [6.45, 7) is 0. The maximum atomic E-state index is 13.0. The molecule has 0 bridgehead atoms. The van der Waals surface area contributed by atoms with Crippen LogP contribution in [0.15, 0.2) is 84.7 Å². The number of aromatic nitrogens is 1. The summed E-state index contributed by atoms with van der Waals surface area (Å²) in [5.41, 5.74) is 2.82. The Balaban J connectivity index is 1.92. The highest BCUT2D eigenvalue weighted by Gasteiger charge is 2.46. The van der Waals surface area contributed by atoms with Gasteiger partial charge in [-0.1, -0.05) is 30.3 Å². The van der Waals surface area contributed by atoms with Crippen molar-refractivity contribution in [1.29, 1.82) is 0 Å². The lowest BCUT2D eigenvalue weighted by molar-refractivity contribution is -0.132. The van der Waals surface area contributed by atoms with Crippen LogP contribution >= 0.6 is 0 Å². The predicted octanol–water partition coefficient (Wildman–Crippen LogP) is 3.77. The third-order valence-electron chi connectivity index (χ3n) is 5.16. The first-order valence-corrected chi connectivity index (χ1v) is 9.53. The highest BCUT2D eigenvalue weighted by molar-refractivity contribution is 6.51. The molecule has 4 rings (SSSR count). The molecular weight excluding hydrogens is 378 g/mol. The van der Waals surface area contributed by atoms with E-state index in [0.717, 1.165) is 11.3 Å². The summed E-state index contributed by atoms with van der Waals surface area (Å²) < 4.78 is 0. The number of amides is 1. The number of hydrogen-bond donors (Lipinski definition) is 1. The van der Waals surface area contributed by atoms with Crippen LogP contribution in [0.25, 0.3) is 5.76 Å². The van der Waals surface area contributed by atoms with Crippen molar-refractivity contribution < 1.29 is 14.7 Å². The molecule has 0 radical (unpaired) electrons. The molecule has 1 N–H and O–H groups in total. The van der Waals surface area contributed by atoms with Crippen molar-refractivity contribution in [3.05, 3.63) is 95.8 Å². The molecule has 1 fully saturated rings. The smallest absolute Gasteiger partial charge is 0.300 e. The van der Waals surface area contributed by atoms with E-state index < -0.39 is 17.7 Å². The minimum Gasteiger partial charge on any atom is -0.507 e. The summed E-state index contributed by atoms with van der Waals surface area (Å²) in [7, 11) is 3.88. The zero-order valence-electron chi connectivity index (χ0n) is 16.7. The van der Waals surface area contributed by atoms with Crippen molar-refractivity contribution in [3.63, 3.8) is 0 Å². The molecule has 30 heavy (non-hydrogen) atoms. The molecule has 0 saturated carbocycles. The van der Waals surface area contributed by atoms with E-state index in [1.165, 1.54) is 17.3 Å². The van der Waals surface area contributed by atoms with Crippen LogP contribution < -0.4 is 9.80 Å². The Morgan fingerprint density at radius 2 is 1.57 bits per heavy atom. The Hall–Kier alpha value is -3.93. The third kappa shape index (κ3) is 3.33. The molecule has 1 saturated heterocycles. The van der Waals surface area contributed by atoms with Gasteiger partial charge >= 0.3 is 0 Å². The Bertz CT molecular complexity index is 1110. The normalized spacial score (nSPS) is 17.9. The third-order valence-corrected chi connectivity index (χ3v) is 5.16. The molecule has 0 aliphatic carbocycles. The molecule has 150 valence electrons. The van der Waals surface area contributed by atoms with Crippen LogP contribution in [-0.2, 0) is 9.59 Å². The van der Waals surface area contributed by atoms with Gasteiger partial charge in [-0.15, -0.1) is 0 Å². The number of hydrogen-bond acceptors (Lipinski definition) is 5. The van der Waals surface area contributed by atoms with Crippen LogP contribution in [0.2, 0.25) is 0 Å². The predicted molar refractivity (Wildman–Crippen MR) is 116 cm³/mol. The van der Waals surface area contributed by atoms with E-state index in [1.54, 1.807) is 24.3 Å². The van der Waals surface area contributed by atoms with Gasteiger partial charge in [0, 0.05) is 43.4 Å². The Labute approximate surface area is 174 Å². The summed E-state index contributed by atoms with van der Waals surface area (Å²) in [5.74, 6) is -1.59. The van der Waals surface area contributed by atoms with E-state index in [4.69, 9.17) is 0 Å². The molecule has 0 spiro atoms. The lowest BCUT2D eigenvalue weighted by atomic mass is 9.95. The maximum absolute atomic E-state index is 13.0. The molecule has 1 unspecified atom stereocenters.